The standard InChI is InChI=1S/C14H13F2NOS/c1-17(8-11-3-2-6-19-11)9-14(18)12-5-4-10(15)7-13(12)16/h2-7H,8-9H2,1H3. The first-order valence-electron chi connectivity index (χ1n) is 5.75. The number of halogens is 2. The van der Waals surface area contributed by atoms with E-state index in [0.717, 1.165) is 17.0 Å². The fourth-order valence-corrected chi connectivity index (χ4v) is 2.55. The predicted octanol–water partition coefficient (Wildman–Crippen LogP) is 3.34. The molecule has 0 atom stereocenters. The first-order chi connectivity index (χ1) is 9.06. The number of nitrogens with zero attached hydrogens (tertiary/aromatic N) is 1. The third kappa shape index (κ3) is 3.68. The van der Waals surface area contributed by atoms with Crippen molar-refractivity contribution in [2.45, 2.75) is 6.54 Å². The number of carbonyl (C=O) groups excluding carboxylic acids is 1. The van der Waals surface area contributed by atoms with E-state index in [1.54, 1.807) is 23.3 Å². The number of likely N-dealkylation sites (N-methyl/N-ethyl adjacent to an activating group) is 1. The van der Waals surface area contributed by atoms with Crippen molar-refractivity contribution in [3.8, 4) is 0 Å². The molecule has 19 heavy (non-hydrogen) atoms. The molecule has 0 amide bonds. The molecule has 100 valence electrons. The Labute approximate surface area is 114 Å². The molecule has 0 N–H and O–H groups in total. The third-order valence-corrected chi connectivity index (χ3v) is 3.51. The second-order valence-corrected chi connectivity index (χ2v) is 5.33. The summed E-state index contributed by atoms with van der Waals surface area (Å²) in [6, 6.07) is 6.92. The molecular weight excluding hydrogens is 268 g/mol. The summed E-state index contributed by atoms with van der Waals surface area (Å²) in [5.41, 5.74) is -0.0700. The average Bonchev–Trinajstić information content (AvgIpc) is 2.81. The number of hydrogen-bond acceptors (Lipinski definition) is 3. The zero-order valence-electron chi connectivity index (χ0n) is 10.4. The lowest BCUT2D eigenvalue weighted by molar-refractivity contribution is 0.0939. The van der Waals surface area contributed by atoms with Gasteiger partial charge in [-0.25, -0.2) is 8.78 Å². The van der Waals surface area contributed by atoms with Gasteiger partial charge in [-0.05, 0) is 30.6 Å². The minimum Gasteiger partial charge on any atom is -0.294 e. The zero-order valence-corrected chi connectivity index (χ0v) is 11.2. The maximum absolute atomic E-state index is 13.5. The Morgan fingerprint density at radius 2 is 2.11 bits per heavy atom. The molecule has 0 bridgehead atoms. The topological polar surface area (TPSA) is 20.3 Å². The molecule has 0 aliphatic carbocycles. The van der Waals surface area contributed by atoms with Gasteiger partial charge in [0.05, 0.1) is 12.1 Å². The van der Waals surface area contributed by atoms with Crippen molar-refractivity contribution in [2.75, 3.05) is 13.6 Å². The molecule has 2 nitrogen and oxygen atoms in total. The molecule has 1 heterocycles. The summed E-state index contributed by atoms with van der Waals surface area (Å²) < 4.78 is 26.2. The van der Waals surface area contributed by atoms with Gasteiger partial charge in [-0.1, -0.05) is 6.07 Å². The van der Waals surface area contributed by atoms with Gasteiger partial charge in [0.15, 0.2) is 5.78 Å². The van der Waals surface area contributed by atoms with Crippen LogP contribution < -0.4 is 0 Å². The fourth-order valence-electron chi connectivity index (χ4n) is 1.77. The number of benzene rings is 1. The van der Waals surface area contributed by atoms with Crippen molar-refractivity contribution in [3.63, 3.8) is 0 Å². The van der Waals surface area contributed by atoms with Crippen LogP contribution in [-0.4, -0.2) is 24.3 Å². The Bertz CT molecular complexity index is 569. The van der Waals surface area contributed by atoms with Gasteiger partial charge in [0, 0.05) is 17.5 Å². The van der Waals surface area contributed by atoms with E-state index in [1.165, 1.54) is 6.07 Å². The molecule has 0 saturated carbocycles. The maximum atomic E-state index is 13.5. The van der Waals surface area contributed by atoms with Gasteiger partial charge in [-0.15, -0.1) is 11.3 Å². The van der Waals surface area contributed by atoms with E-state index in [0.29, 0.717) is 6.54 Å². The van der Waals surface area contributed by atoms with E-state index in [1.807, 2.05) is 17.5 Å². The van der Waals surface area contributed by atoms with Crippen molar-refractivity contribution in [1.29, 1.82) is 0 Å². The predicted molar refractivity (Wildman–Crippen MR) is 71.3 cm³/mol. The van der Waals surface area contributed by atoms with E-state index in [4.69, 9.17) is 0 Å². The van der Waals surface area contributed by atoms with Crippen LogP contribution in [-0.2, 0) is 6.54 Å². The van der Waals surface area contributed by atoms with E-state index in [2.05, 4.69) is 0 Å². The summed E-state index contributed by atoms with van der Waals surface area (Å²) >= 11 is 1.60. The molecule has 0 spiro atoms. The number of Topliss-reactive ketones (excluding diaryl/α,β-unsaturated/α-hetero) is 1. The van der Waals surface area contributed by atoms with Crippen LogP contribution in [0.25, 0.3) is 0 Å². The summed E-state index contributed by atoms with van der Waals surface area (Å²) in [5, 5.41) is 1.96. The SMILES string of the molecule is CN(CC(=O)c1ccc(F)cc1F)Cc1cccs1. The fraction of sp³-hybridized carbons (Fsp3) is 0.214. The van der Waals surface area contributed by atoms with Crippen LogP contribution in [0.4, 0.5) is 8.78 Å². The van der Waals surface area contributed by atoms with Crippen LogP contribution in [0.15, 0.2) is 35.7 Å². The summed E-state index contributed by atoms with van der Waals surface area (Å²) in [6.45, 7) is 0.729. The zero-order chi connectivity index (χ0) is 13.8. The van der Waals surface area contributed by atoms with Gasteiger partial charge in [0.2, 0.25) is 0 Å². The minimum absolute atomic E-state index is 0.0700. The van der Waals surface area contributed by atoms with Crippen LogP contribution in [0, 0.1) is 11.6 Å². The highest BCUT2D eigenvalue weighted by atomic mass is 32.1. The largest absolute Gasteiger partial charge is 0.294 e. The molecule has 0 fully saturated rings. The summed E-state index contributed by atoms with van der Waals surface area (Å²) in [4.78, 5) is 14.9. The van der Waals surface area contributed by atoms with Gasteiger partial charge in [0.1, 0.15) is 11.6 Å². The maximum Gasteiger partial charge on any atom is 0.179 e. The molecule has 2 rings (SSSR count). The Morgan fingerprint density at radius 1 is 1.32 bits per heavy atom. The monoisotopic (exact) mass is 281 g/mol. The Morgan fingerprint density at radius 3 is 2.74 bits per heavy atom. The summed E-state index contributed by atoms with van der Waals surface area (Å²) in [7, 11) is 1.79. The Balaban J connectivity index is 2.00. The van der Waals surface area contributed by atoms with Crippen LogP contribution >= 0.6 is 11.3 Å². The Kier molecular flexibility index (Phi) is 4.39. The highest BCUT2D eigenvalue weighted by molar-refractivity contribution is 7.09. The lowest BCUT2D eigenvalue weighted by Crippen LogP contribution is -2.25. The van der Waals surface area contributed by atoms with Crippen LogP contribution in [0.3, 0.4) is 0 Å². The first-order valence-corrected chi connectivity index (χ1v) is 6.63. The minimum atomic E-state index is -0.811. The van der Waals surface area contributed by atoms with E-state index < -0.39 is 11.6 Å². The summed E-state index contributed by atoms with van der Waals surface area (Å²) in [6.07, 6.45) is 0. The highest BCUT2D eigenvalue weighted by Gasteiger charge is 2.14. The first kappa shape index (κ1) is 13.8. The molecule has 1 aromatic heterocycles. The van der Waals surface area contributed by atoms with Crippen LogP contribution in [0.5, 0.6) is 0 Å². The number of hydrogen-bond donors (Lipinski definition) is 0. The van der Waals surface area contributed by atoms with E-state index >= 15 is 0 Å². The third-order valence-electron chi connectivity index (χ3n) is 2.65. The van der Waals surface area contributed by atoms with Gasteiger partial charge in [-0.2, -0.15) is 0 Å². The van der Waals surface area contributed by atoms with Crippen LogP contribution in [0.2, 0.25) is 0 Å². The van der Waals surface area contributed by atoms with Crippen molar-refractivity contribution in [3.05, 3.63) is 57.8 Å². The molecule has 1 aromatic carbocycles. The number of carbonyl (C=O) groups is 1. The quantitative estimate of drug-likeness (QED) is 0.783. The average molecular weight is 281 g/mol. The smallest absolute Gasteiger partial charge is 0.179 e. The second kappa shape index (κ2) is 6.04. The van der Waals surface area contributed by atoms with Crippen molar-refractivity contribution in [2.24, 2.45) is 0 Å². The number of rotatable bonds is 5. The van der Waals surface area contributed by atoms with Crippen LogP contribution in [0.1, 0.15) is 15.2 Å². The number of ketones is 1. The van der Waals surface area contributed by atoms with Gasteiger partial charge < -0.3 is 0 Å². The second-order valence-electron chi connectivity index (χ2n) is 4.30. The molecule has 5 heteroatoms. The van der Waals surface area contributed by atoms with Crippen molar-refractivity contribution in [1.82, 2.24) is 4.90 Å². The molecule has 0 aliphatic rings. The molecular formula is C14H13F2NOS. The van der Waals surface area contributed by atoms with Gasteiger partial charge in [0.25, 0.3) is 0 Å². The van der Waals surface area contributed by atoms with Crippen molar-refractivity contribution < 1.29 is 13.6 Å². The van der Waals surface area contributed by atoms with E-state index in [-0.39, 0.29) is 17.9 Å². The Hall–Kier alpha value is -1.59. The summed E-state index contributed by atoms with van der Waals surface area (Å²) in [5.74, 6) is -1.84. The normalized spacial score (nSPS) is 10.9. The lowest BCUT2D eigenvalue weighted by atomic mass is 10.1. The molecule has 0 radical (unpaired) electrons. The van der Waals surface area contributed by atoms with Crippen molar-refractivity contribution >= 4 is 17.1 Å². The molecule has 0 aliphatic heterocycles. The highest BCUT2D eigenvalue weighted by Crippen LogP contribution is 2.13. The van der Waals surface area contributed by atoms with E-state index in [9.17, 15) is 13.6 Å². The molecule has 2 aromatic rings. The number of thiophene rings is 1. The molecule has 0 saturated heterocycles. The lowest BCUT2D eigenvalue weighted by Gasteiger charge is -2.14. The van der Waals surface area contributed by atoms with Gasteiger partial charge >= 0.3 is 0 Å². The van der Waals surface area contributed by atoms with Gasteiger partial charge in [-0.3, -0.25) is 9.69 Å². The molecule has 0 unspecified atom stereocenters.